The van der Waals surface area contributed by atoms with Crippen molar-refractivity contribution in [3.63, 3.8) is 0 Å². The number of piperidine rings is 1. The summed E-state index contributed by atoms with van der Waals surface area (Å²) in [5.41, 5.74) is 2.60. The number of benzene rings is 1. The van der Waals surface area contributed by atoms with Gasteiger partial charge in [0.2, 0.25) is 0 Å². The van der Waals surface area contributed by atoms with Crippen LogP contribution in [0.4, 0.5) is 0 Å². The Morgan fingerprint density at radius 3 is 2.75 bits per heavy atom. The van der Waals surface area contributed by atoms with Crippen LogP contribution in [-0.4, -0.2) is 53.0 Å². The van der Waals surface area contributed by atoms with Gasteiger partial charge in [0.1, 0.15) is 24.4 Å². The van der Waals surface area contributed by atoms with Gasteiger partial charge in [-0.05, 0) is 37.1 Å². The van der Waals surface area contributed by atoms with Crippen molar-refractivity contribution >= 4 is 24.9 Å². The number of carbonyl (C=O) groups excluding carboxylic acids is 1. The summed E-state index contributed by atoms with van der Waals surface area (Å²) in [6.07, 6.45) is 5.41. The molecule has 0 saturated carbocycles. The van der Waals surface area contributed by atoms with Gasteiger partial charge < -0.3 is 9.30 Å². The Hall–Kier alpha value is -2.35. The highest BCUT2D eigenvalue weighted by Crippen LogP contribution is 2.25. The first-order valence-corrected chi connectivity index (χ1v) is 15.3. The Morgan fingerprint density at radius 1 is 1.16 bits per heavy atom. The van der Waals surface area contributed by atoms with E-state index in [0.29, 0.717) is 12.4 Å². The number of hydrogen-bond donors (Lipinski definition) is 0. The minimum absolute atomic E-state index is 0.0260. The maximum absolute atomic E-state index is 13.4. The summed E-state index contributed by atoms with van der Waals surface area (Å²) in [6.45, 7) is 10.9. The maximum atomic E-state index is 13.4. The maximum Gasteiger partial charge on any atom is 0.186 e. The molecule has 0 aliphatic carbocycles. The number of Topliss-reactive ketones (excluding diaryl/α,β-unsaturated/α-hetero) is 1. The molecule has 2 aromatic heterocycles. The Labute approximate surface area is 191 Å². The number of rotatable bonds is 9. The van der Waals surface area contributed by atoms with Gasteiger partial charge in [0.15, 0.2) is 5.78 Å². The molecule has 1 saturated heterocycles. The van der Waals surface area contributed by atoms with E-state index in [4.69, 9.17) is 4.74 Å². The molecular weight excluding hydrogens is 416 g/mol. The quantitative estimate of drug-likeness (QED) is 0.265. The molecule has 6 nitrogen and oxygen atoms in total. The smallest absolute Gasteiger partial charge is 0.186 e. The number of fused-ring (bicyclic) bond motifs is 1. The van der Waals surface area contributed by atoms with Gasteiger partial charge >= 0.3 is 0 Å². The zero-order chi connectivity index (χ0) is 22.6. The van der Waals surface area contributed by atoms with Crippen LogP contribution in [0.25, 0.3) is 11.0 Å². The van der Waals surface area contributed by atoms with Crippen LogP contribution in [0.15, 0.2) is 48.9 Å². The Balaban J connectivity index is 1.43. The van der Waals surface area contributed by atoms with Crippen molar-refractivity contribution < 1.29 is 9.53 Å². The van der Waals surface area contributed by atoms with Gasteiger partial charge in [0, 0.05) is 45.3 Å². The van der Waals surface area contributed by atoms with Crippen molar-refractivity contribution in [1.29, 1.82) is 0 Å². The summed E-state index contributed by atoms with van der Waals surface area (Å²) in [5.74, 6) is 0.106. The molecule has 0 amide bonds. The molecule has 0 spiro atoms. The average Bonchev–Trinajstić information content (AvgIpc) is 3.20. The van der Waals surface area contributed by atoms with Crippen LogP contribution in [-0.2, 0) is 18.0 Å². The number of ether oxygens (including phenoxy) is 1. The fourth-order valence-corrected chi connectivity index (χ4v) is 5.05. The minimum Gasteiger partial charge on any atom is -0.361 e. The lowest BCUT2D eigenvalue weighted by molar-refractivity contribution is 0.0807. The fourth-order valence-electron chi connectivity index (χ4n) is 4.29. The SMILES string of the molecule is C[Si](C)(C)CCOCn1ccc2c(C(=O)C3CCCN(Cc4ccccc4)C3)ncnc21. The molecule has 7 heteroatoms. The molecule has 1 aromatic carbocycles. The summed E-state index contributed by atoms with van der Waals surface area (Å²) in [7, 11) is -1.12. The Kier molecular flexibility index (Phi) is 7.18. The lowest BCUT2D eigenvalue weighted by Gasteiger charge is -2.31. The van der Waals surface area contributed by atoms with Gasteiger partial charge in [-0.2, -0.15) is 0 Å². The van der Waals surface area contributed by atoms with Crippen LogP contribution in [0, 0.1) is 5.92 Å². The van der Waals surface area contributed by atoms with Crippen LogP contribution >= 0.6 is 0 Å². The first kappa shape index (κ1) is 22.8. The van der Waals surface area contributed by atoms with E-state index < -0.39 is 8.07 Å². The number of carbonyl (C=O) groups is 1. The number of likely N-dealkylation sites (tertiary alicyclic amines) is 1. The summed E-state index contributed by atoms with van der Waals surface area (Å²) in [5, 5.41) is 0.825. The van der Waals surface area contributed by atoms with E-state index in [1.807, 2.05) is 22.9 Å². The summed E-state index contributed by atoms with van der Waals surface area (Å²) >= 11 is 0. The van der Waals surface area contributed by atoms with Crippen molar-refractivity contribution in [2.75, 3.05) is 19.7 Å². The average molecular weight is 451 g/mol. The molecule has 1 aliphatic heterocycles. The van der Waals surface area contributed by atoms with Crippen LogP contribution in [0.1, 0.15) is 28.9 Å². The molecule has 32 heavy (non-hydrogen) atoms. The fraction of sp³-hybridized carbons (Fsp3) is 0.480. The molecule has 170 valence electrons. The van der Waals surface area contributed by atoms with E-state index in [2.05, 4.69) is 58.8 Å². The predicted molar refractivity (Wildman–Crippen MR) is 130 cm³/mol. The van der Waals surface area contributed by atoms with Crippen LogP contribution < -0.4 is 0 Å². The van der Waals surface area contributed by atoms with Gasteiger partial charge in [-0.15, -0.1) is 0 Å². The molecule has 3 heterocycles. The van der Waals surface area contributed by atoms with Gasteiger partial charge in [-0.25, -0.2) is 9.97 Å². The van der Waals surface area contributed by atoms with Gasteiger partial charge in [-0.3, -0.25) is 9.69 Å². The molecule has 0 N–H and O–H groups in total. The van der Waals surface area contributed by atoms with E-state index in [0.717, 1.165) is 56.2 Å². The number of ketones is 1. The lowest BCUT2D eigenvalue weighted by Crippen LogP contribution is -2.38. The highest BCUT2D eigenvalue weighted by Gasteiger charge is 2.29. The van der Waals surface area contributed by atoms with E-state index >= 15 is 0 Å². The topological polar surface area (TPSA) is 60.2 Å². The third-order valence-corrected chi connectivity index (χ3v) is 7.85. The number of hydrogen-bond acceptors (Lipinski definition) is 5. The largest absolute Gasteiger partial charge is 0.361 e. The first-order chi connectivity index (χ1) is 15.4. The first-order valence-electron chi connectivity index (χ1n) is 11.6. The predicted octanol–water partition coefficient (Wildman–Crippen LogP) is 4.84. The van der Waals surface area contributed by atoms with Crippen LogP contribution in [0.5, 0.6) is 0 Å². The summed E-state index contributed by atoms with van der Waals surface area (Å²) in [6, 6.07) is 13.6. The van der Waals surface area contributed by atoms with Crippen LogP contribution in [0.2, 0.25) is 25.7 Å². The van der Waals surface area contributed by atoms with E-state index in [-0.39, 0.29) is 11.7 Å². The molecule has 1 atom stereocenters. The van der Waals surface area contributed by atoms with Crippen molar-refractivity contribution in [3.05, 3.63) is 60.2 Å². The van der Waals surface area contributed by atoms with Crippen molar-refractivity contribution in [3.8, 4) is 0 Å². The molecule has 3 aromatic rings. The van der Waals surface area contributed by atoms with Crippen molar-refractivity contribution in [2.24, 2.45) is 5.92 Å². The molecule has 1 fully saturated rings. The summed E-state index contributed by atoms with van der Waals surface area (Å²) in [4.78, 5) is 24.7. The second kappa shape index (κ2) is 10.1. The Bertz CT molecular complexity index is 1050. The Morgan fingerprint density at radius 2 is 1.97 bits per heavy atom. The molecule has 0 radical (unpaired) electrons. The summed E-state index contributed by atoms with van der Waals surface area (Å²) < 4.78 is 7.87. The number of nitrogens with zero attached hydrogens (tertiary/aromatic N) is 4. The monoisotopic (exact) mass is 450 g/mol. The van der Waals surface area contributed by atoms with Gasteiger partial charge in [0.25, 0.3) is 0 Å². The van der Waals surface area contributed by atoms with Crippen molar-refractivity contribution in [2.45, 2.75) is 51.8 Å². The van der Waals surface area contributed by atoms with E-state index in [9.17, 15) is 4.79 Å². The molecule has 1 unspecified atom stereocenters. The third kappa shape index (κ3) is 5.71. The molecule has 4 rings (SSSR count). The lowest BCUT2D eigenvalue weighted by atomic mass is 9.91. The normalized spacial score (nSPS) is 17.7. The van der Waals surface area contributed by atoms with Crippen molar-refractivity contribution in [1.82, 2.24) is 19.4 Å². The third-order valence-electron chi connectivity index (χ3n) is 6.14. The highest BCUT2D eigenvalue weighted by molar-refractivity contribution is 6.76. The van der Waals surface area contributed by atoms with E-state index in [1.54, 1.807) is 0 Å². The standard InChI is InChI=1S/C25H34N4O2Si/c1-32(2,3)15-14-31-19-29-13-11-22-23(26-18-27-25(22)29)24(30)21-10-7-12-28(17-21)16-20-8-5-4-6-9-20/h4-6,8-9,11,13,18,21H,7,10,12,14-17,19H2,1-3H3. The zero-order valence-electron chi connectivity index (χ0n) is 19.5. The van der Waals surface area contributed by atoms with Gasteiger partial charge in [0.05, 0.1) is 0 Å². The molecule has 0 bridgehead atoms. The van der Waals surface area contributed by atoms with Crippen LogP contribution in [0.3, 0.4) is 0 Å². The molecule has 1 aliphatic rings. The second-order valence-electron chi connectivity index (χ2n) is 10.0. The molecular formula is C25H34N4O2Si. The zero-order valence-corrected chi connectivity index (χ0v) is 20.5. The second-order valence-corrected chi connectivity index (χ2v) is 15.6. The van der Waals surface area contributed by atoms with Gasteiger partial charge in [-0.1, -0.05) is 50.0 Å². The van der Waals surface area contributed by atoms with E-state index in [1.165, 1.54) is 11.9 Å². The highest BCUT2D eigenvalue weighted by atomic mass is 28.3. The minimum atomic E-state index is -1.12. The number of aromatic nitrogens is 3.